The first-order chi connectivity index (χ1) is 15.0. The fraction of sp³-hybridized carbons (Fsp3) is 0.0417. The van der Waals surface area contributed by atoms with Crippen molar-refractivity contribution in [3.63, 3.8) is 0 Å². The van der Waals surface area contributed by atoms with Crippen LogP contribution >= 0.6 is 0 Å². The maximum Gasteiger partial charge on any atom is 0.335 e. The van der Waals surface area contributed by atoms with Crippen LogP contribution in [0, 0.1) is 0 Å². The molecule has 0 heterocycles. The summed E-state index contributed by atoms with van der Waals surface area (Å²) in [6.07, 6.45) is 1.54. The van der Waals surface area contributed by atoms with Crippen molar-refractivity contribution in [2.75, 3.05) is 12.4 Å². The van der Waals surface area contributed by atoms with Gasteiger partial charge in [0.1, 0.15) is 11.4 Å². The van der Waals surface area contributed by atoms with Gasteiger partial charge in [-0.15, -0.1) is 0 Å². The van der Waals surface area contributed by atoms with Gasteiger partial charge in [0, 0.05) is 11.3 Å². The minimum absolute atomic E-state index is 0.0290. The summed E-state index contributed by atoms with van der Waals surface area (Å²) in [5.41, 5.74) is 1.61. The Hall–Kier alpha value is -4.39. The summed E-state index contributed by atoms with van der Waals surface area (Å²) in [6, 6.07) is 21.2. The zero-order chi connectivity index (χ0) is 22.2. The molecule has 0 saturated carbocycles. The SMILES string of the molecule is COc1ccc(C=C(NC(=O)c2ccccc2)C(=O)Nc2ccc(C(=O)O)cc2)cc1. The second kappa shape index (κ2) is 9.89. The van der Waals surface area contributed by atoms with E-state index in [9.17, 15) is 14.4 Å². The topological polar surface area (TPSA) is 105 Å². The van der Waals surface area contributed by atoms with E-state index in [4.69, 9.17) is 9.84 Å². The number of carbonyl (C=O) groups is 3. The van der Waals surface area contributed by atoms with Gasteiger partial charge in [0.15, 0.2) is 0 Å². The number of carboxylic acids is 1. The fourth-order valence-electron chi connectivity index (χ4n) is 2.70. The molecule has 3 aromatic rings. The minimum Gasteiger partial charge on any atom is -0.497 e. The van der Waals surface area contributed by atoms with Gasteiger partial charge < -0.3 is 20.5 Å². The molecule has 7 nitrogen and oxygen atoms in total. The fourth-order valence-corrected chi connectivity index (χ4v) is 2.70. The molecule has 0 unspecified atom stereocenters. The molecule has 0 aliphatic rings. The van der Waals surface area contributed by atoms with Crippen LogP contribution in [-0.2, 0) is 4.79 Å². The van der Waals surface area contributed by atoms with Gasteiger partial charge in [-0.25, -0.2) is 4.79 Å². The highest BCUT2D eigenvalue weighted by Gasteiger charge is 2.15. The van der Waals surface area contributed by atoms with Crippen LogP contribution < -0.4 is 15.4 Å². The van der Waals surface area contributed by atoms with Crippen LogP contribution in [0.3, 0.4) is 0 Å². The number of amides is 2. The Bertz CT molecular complexity index is 1100. The molecule has 0 aliphatic heterocycles. The van der Waals surface area contributed by atoms with Crippen LogP contribution in [0.4, 0.5) is 5.69 Å². The van der Waals surface area contributed by atoms with E-state index in [1.165, 1.54) is 24.3 Å². The largest absolute Gasteiger partial charge is 0.497 e. The molecule has 0 radical (unpaired) electrons. The van der Waals surface area contributed by atoms with Crippen LogP contribution in [0.2, 0.25) is 0 Å². The predicted molar refractivity (Wildman–Crippen MR) is 117 cm³/mol. The number of carboxylic acid groups (broad SMARTS) is 1. The molecule has 3 aromatic carbocycles. The number of ether oxygens (including phenoxy) is 1. The Morgan fingerprint density at radius 3 is 2.06 bits per heavy atom. The molecular weight excluding hydrogens is 396 g/mol. The van der Waals surface area contributed by atoms with Crippen molar-refractivity contribution in [3.8, 4) is 5.75 Å². The van der Waals surface area contributed by atoms with Crippen LogP contribution in [0.5, 0.6) is 5.75 Å². The molecule has 0 bridgehead atoms. The third kappa shape index (κ3) is 5.80. The predicted octanol–water partition coefficient (Wildman–Crippen LogP) is 3.80. The van der Waals surface area contributed by atoms with Crippen molar-refractivity contribution < 1.29 is 24.2 Å². The van der Waals surface area contributed by atoms with Gasteiger partial charge in [-0.3, -0.25) is 9.59 Å². The van der Waals surface area contributed by atoms with Gasteiger partial charge in [-0.05, 0) is 60.2 Å². The van der Waals surface area contributed by atoms with E-state index in [1.807, 2.05) is 0 Å². The van der Waals surface area contributed by atoms with E-state index in [-0.39, 0.29) is 11.3 Å². The van der Waals surface area contributed by atoms with Crippen molar-refractivity contribution in [1.82, 2.24) is 5.32 Å². The summed E-state index contributed by atoms with van der Waals surface area (Å²) in [5, 5.41) is 14.3. The number of hydrogen-bond donors (Lipinski definition) is 3. The quantitative estimate of drug-likeness (QED) is 0.508. The molecule has 31 heavy (non-hydrogen) atoms. The second-order valence-electron chi connectivity index (χ2n) is 6.49. The zero-order valence-electron chi connectivity index (χ0n) is 16.7. The van der Waals surface area contributed by atoms with Crippen LogP contribution in [0.25, 0.3) is 6.08 Å². The maximum atomic E-state index is 12.9. The van der Waals surface area contributed by atoms with Gasteiger partial charge in [0.2, 0.25) is 0 Å². The van der Waals surface area contributed by atoms with Crippen molar-refractivity contribution in [2.24, 2.45) is 0 Å². The molecule has 3 N–H and O–H groups in total. The molecule has 0 fully saturated rings. The summed E-state index contributed by atoms with van der Waals surface area (Å²) >= 11 is 0. The molecule has 0 aromatic heterocycles. The third-order valence-corrected chi connectivity index (χ3v) is 4.35. The molecule has 0 atom stereocenters. The molecule has 0 spiro atoms. The smallest absolute Gasteiger partial charge is 0.335 e. The molecular formula is C24H20N2O5. The third-order valence-electron chi connectivity index (χ3n) is 4.35. The first kappa shape index (κ1) is 21.3. The van der Waals surface area contributed by atoms with E-state index in [0.29, 0.717) is 22.6 Å². The summed E-state index contributed by atoms with van der Waals surface area (Å²) in [5.74, 6) is -1.39. The lowest BCUT2D eigenvalue weighted by atomic mass is 10.1. The standard InChI is InChI=1S/C24H20N2O5/c1-31-20-13-7-16(8-14-20)15-21(26-22(27)17-5-3-2-4-6-17)23(28)25-19-11-9-18(10-12-19)24(29)30/h2-15H,1H3,(H,25,28)(H,26,27)(H,29,30). The Labute approximate surface area is 179 Å². The average molecular weight is 416 g/mol. The first-order valence-corrected chi connectivity index (χ1v) is 9.33. The lowest BCUT2D eigenvalue weighted by Crippen LogP contribution is -2.30. The Kier molecular flexibility index (Phi) is 6.80. The van der Waals surface area contributed by atoms with Gasteiger partial charge in [-0.1, -0.05) is 30.3 Å². The Balaban J connectivity index is 1.86. The van der Waals surface area contributed by atoms with Crippen molar-refractivity contribution in [2.45, 2.75) is 0 Å². The minimum atomic E-state index is -1.06. The highest BCUT2D eigenvalue weighted by atomic mass is 16.5. The van der Waals surface area contributed by atoms with Crippen LogP contribution in [0.15, 0.2) is 84.6 Å². The van der Waals surface area contributed by atoms with Crippen LogP contribution in [-0.4, -0.2) is 30.0 Å². The van der Waals surface area contributed by atoms with Crippen molar-refractivity contribution in [1.29, 1.82) is 0 Å². The van der Waals surface area contributed by atoms with Crippen molar-refractivity contribution >= 4 is 29.5 Å². The number of nitrogens with one attached hydrogen (secondary N) is 2. The highest BCUT2D eigenvalue weighted by Crippen LogP contribution is 2.16. The van der Waals surface area contributed by atoms with E-state index in [0.717, 1.165) is 0 Å². The van der Waals surface area contributed by atoms with Crippen LogP contribution in [0.1, 0.15) is 26.3 Å². The van der Waals surface area contributed by atoms with E-state index in [1.54, 1.807) is 67.8 Å². The highest BCUT2D eigenvalue weighted by molar-refractivity contribution is 6.10. The number of anilines is 1. The summed E-state index contributed by atoms with van der Waals surface area (Å²) < 4.78 is 5.14. The van der Waals surface area contributed by atoms with Gasteiger partial charge in [0.25, 0.3) is 11.8 Å². The molecule has 0 aliphatic carbocycles. The van der Waals surface area contributed by atoms with E-state index < -0.39 is 17.8 Å². The van der Waals surface area contributed by atoms with E-state index >= 15 is 0 Å². The lowest BCUT2D eigenvalue weighted by molar-refractivity contribution is -0.113. The number of methoxy groups -OCH3 is 1. The molecule has 0 saturated heterocycles. The number of carbonyl (C=O) groups excluding carboxylic acids is 2. The normalized spacial score (nSPS) is 10.8. The maximum absolute atomic E-state index is 12.9. The molecule has 156 valence electrons. The number of benzene rings is 3. The average Bonchev–Trinajstić information content (AvgIpc) is 2.80. The zero-order valence-corrected chi connectivity index (χ0v) is 16.7. The number of rotatable bonds is 7. The lowest BCUT2D eigenvalue weighted by Gasteiger charge is -2.12. The Morgan fingerprint density at radius 1 is 0.839 bits per heavy atom. The second-order valence-corrected chi connectivity index (χ2v) is 6.49. The molecule has 3 rings (SSSR count). The molecule has 7 heteroatoms. The monoisotopic (exact) mass is 416 g/mol. The van der Waals surface area contributed by atoms with E-state index in [2.05, 4.69) is 10.6 Å². The van der Waals surface area contributed by atoms with Gasteiger partial charge >= 0.3 is 5.97 Å². The summed E-state index contributed by atoms with van der Waals surface area (Å²) in [4.78, 5) is 36.5. The first-order valence-electron chi connectivity index (χ1n) is 9.33. The molecule has 2 amide bonds. The Morgan fingerprint density at radius 2 is 1.48 bits per heavy atom. The summed E-state index contributed by atoms with van der Waals surface area (Å²) in [7, 11) is 1.55. The number of aromatic carboxylic acids is 1. The van der Waals surface area contributed by atoms with Gasteiger partial charge in [0.05, 0.1) is 12.7 Å². The summed E-state index contributed by atoms with van der Waals surface area (Å²) in [6.45, 7) is 0. The number of hydrogen-bond acceptors (Lipinski definition) is 4. The van der Waals surface area contributed by atoms with Gasteiger partial charge in [-0.2, -0.15) is 0 Å². The van der Waals surface area contributed by atoms with Crippen molar-refractivity contribution in [3.05, 3.63) is 101 Å².